The lowest BCUT2D eigenvalue weighted by Gasteiger charge is -1.86. The zero-order valence-corrected chi connectivity index (χ0v) is 6.36. The molecule has 6 nitrogen and oxygen atoms in total. The molecular formula is O6P2S. The normalized spacial score (nSPS) is 12.4. The lowest BCUT2D eigenvalue weighted by atomic mass is 15.8. The van der Waals surface area contributed by atoms with Crippen LogP contribution in [0.25, 0.3) is 0 Å². The molecule has 0 spiro atoms. The zero-order valence-electron chi connectivity index (χ0n) is 3.75. The van der Waals surface area contributed by atoms with Crippen LogP contribution in [0.5, 0.6) is 0 Å². The minimum atomic E-state index is -4.33. The highest BCUT2D eigenvalue weighted by atomic mass is 32.3. The maximum atomic E-state index is 9.97. The largest absolute Gasteiger partial charge is 0.421 e. The Labute approximate surface area is 54.1 Å². The van der Waals surface area contributed by atoms with Crippen molar-refractivity contribution in [2.75, 3.05) is 0 Å². The van der Waals surface area contributed by atoms with Gasteiger partial charge < -0.3 is 0 Å². The second-order valence-electron chi connectivity index (χ2n) is 0.706. The first-order chi connectivity index (χ1) is 4.12. The fourth-order valence-electron chi connectivity index (χ4n) is 0.0881. The molecule has 0 N–H and O–H groups in total. The van der Waals surface area contributed by atoms with Crippen LogP contribution in [-0.2, 0) is 27.5 Å². The summed E-state index contributed by atoms with van der Waals surface area (Å²) >= 11 is 0. The molecule has 0 atom stereocenters. The molecular weight excluding hydrogens is 190 g/mol. The number of rotatable bonds is 4. The third-order valence-corrected chi connectivity index (χ3v) is 2.19. The number of hydrogen-bond donors (Lipinski definition) is 0. The van der Waals surface area contributed by atoms with Crippen molar-refractivity contribution in [1.29, 1.82) is 0 Å². The van der Waals surface area contributed by atoms with Gasteiger partial charge in [-0.2, -0.15) is 8.42 Å². The van der Waals surface area contributed by atoms with Gasteiger partial charge in [0.1, 0.15) is 0 Å². The van der Waals surface area contributed by atoms with Gasteiger partial charge in [-0.05, 0) is 0 Å². The van der Waals surface area contributed by atoms with Crippen molar-refractivity contribution < 1.29 is 25.5 Å². The SMILES string of the molecule is O=POS(=O)(=O)OP=O. The van der Waals surface area contributed by atoms with E-state index in [-0.39, 0.29) is 0 Å². The second kappa shape index (κ2) is 3.98. The van der Waals surface area contributed by atoms with E-state index >= 15 is 0 Å². The third kappa shape index (κ3) is 4.57. The highest BCUT2D eigenvalue weighted by Crippen LogP contribution is 2.10. The Hall–Kier alpha value is 0.0700. The van der Waals surface area contributed by atoms with E-state index in [1.165, 1.54) is 0 Å². The predicted molar refractivity (Wildman–Crippen MR) is 26.3 cm³/mol. The molecule has 0 aromatic heterocycles. The van der Waals surface area contributed by atoms with Gasteiger partial charge >= 0.3 is 27.8 Å². The minimum Gasteiger partial charge on any atom is -0.239 e. The molecule has 0 aliphatic heterocycles. The fraction of sp³-hybridized carbons (Fsp3) is 0. The molecule has 0 rings (SSSR count). The van der Waals surface area contributed by atoms with E-state index in [0.717, 1.165) is 0 Å². The number of hydrogen-bond acceptors (Lipinski definition) is 6. The highest BCUT2D eigenvalue weighted by Gasteiger charge is 2.11. The maximum absolute atomic E-state index is 9.97. The van der Waals surface area contributed by atoms with Crippen LogP contribution >= 0.6 is 17.4 Å². The third-order valence-electron chi connectivity index (χ3n) is 0.243. The molecule has 0 heterocycles. The minimum absolute atomic E-state index is 1.07. The van der Waals surface area contributed by atoms with E-state index in [1.54, 1.807) is 0 Å². The summed E-state index contributed by atoms with van der Waals surface area (Å²) in [5.41, 5.74) is 0. The fourth-order valence-corrected chi connectivity index (χ4v) is 1.04. The lowest BCUT2D eigenvalue weighted by molar-refractivity contribution is 0.409. The van der Waals surface area contributed by atoms with Crippen molar-refractivity contribution in [3.05, 3.63) is 0 Å². The smallest absolute Gasteiger partial charge is 0.239 e. The average Bonchev–Trinajstić information content (AvgIpc) is 1.64. The molecule has 9 heavy (non-hydrogen) atoms. The van der Waals surface area contributed by atoms with Crippen LogP contribution in [0.2, 0.25) is 0 Å². The molecule has 0 saturated carbocycles. The van der Waals surface area contributed by atoms with Gasteiger partial charge in [-0.1, -0.05) is 0 Å². The van der Waals surface area contributed by atoms with E-state index in [9.17, 15) is 17.5 Å². The van der Waals surface area contributed by atoms with Crippen molar-refractivity contribution in [3.63, 3.8) is 0 Å². The van der Waals surface area contributed by atoms with Gasteiger partial charge in [-0.15, -0.1) is 7.94 Å². The molecule has 0 aliphatic carbocycles. The molecule has 0 aromatic carbocycles. The van der Waals surface area contributed by atoms with Gasteiger partial charge in [0, 0.05) is 0 Å². The molecule has 0 saturated heterocycles. The van der Waals surface area contributed by atoms with Gasteiger partial charge in [0.15, 0.2) is 0 Å². The van der Waals surface area contributed by atoms with Gasteiger partial charge in [-0.3, -0.25) is 0 Å². The topological polar surface area (TPSA) is 86.7 Å². The van der Waals surface area contributed by atoms with Crippen LogP contribution in [0.15, 0.2) is 0 Å². The lowest BCUT2D eigenvalue weighted by Crippen LogP contribution is -1.95. The summed E-state index contributed by atoms with van der Waals surface area (Å²) in [5.74, 6) is 0. The van der Waals surface area contributed by atoms with Gasteiger partial charge in [0.2, 0.25) is 0 Å². The second-order valence-corrected chi connectivity index (χ2v) is 3.01. The Kier molecular flexibility index (Phi) is 4.01. The Morgan fingerprint density at radius 3 is 1.56 bits per heavy atom. The molecule has 0 fully saturated rings. The average molecular weight is 190 g/mol. The quantitative estimate of drug-likeness (QED) is 0.605. The summed E-state index contributed by atoms with van der Waals surface area (Å²) in [7, 11) is -6.48. The van der Waals surface area contributed by atoms with Crippen LogP contribution in [-0.4, -0.2) is 8.42 Å². The molecule has 0 unspecified atom stereocenters. The first-order valence-electron chi connectivity index (χ1n) is 1.40. The van der Waals surface area contributed by atoms with E-state index in [0.29, 0.717) is 0 Å². The summed E-state index contributed by atoms with van der Waals surface area (Å²) in [6, 6.07) is 0. The molecule has 0 amide bonds. The van der Waals surface area contributed by atoms with Gasteiger partial charge in [-0.25, -0.2) is 9.13 Å². The van der Waals surface area contributed by atoms with E-state index < -0.39 is 27.8 Å². The van der Waals surface area contributed by atoms with E-state index in [2.05, 4.69) is 7.94 Å². The van der Waals surface area contributed by atoms with Crippen molar-refractivity contribution in [2.24, 2.45) is 0 Å². The Balaban J connectivity index is 4.03. The van der Waals surface area contributed by atoms with E-state index in [4.69, 9.17) is 0 Å². The Bertz CT molecular complexity index is 173. The summed E-state index contributed by atoms with van der Waals surface area (Å²) in [5, 5.41) is 0. The van der Waals surface area contributed by atoms with Gasteiger partial charge in [0.05, 0.1) is 0 Å². The summed E-state index contributed by atoms with van der Waals surface area (Å²) in [4.78, 5) is 0. The van der Waals surface area contributed by atoms with Crippen molar-refractivity contribution in [2.45, 2.75) is 0 Å². The Morgan fingerprint density at radius 1 is 1.00 bits per heavy atom. The monoisotopic (exact) mass is 190 g/mol. The van der Waals surface area contributed by atoms with Crippen LogP contribution < -0.4 is 0 Å². The predicted octanol–water partition coefficient (Wildman–Crippen LogP) is 0.678. The summed E-state index contributed by atoms with van der Waals surface area (Å²) < 4.78 is 45.6. The first kappa shape index (κ1) is 9.07. The zero-order chi connectivity index (χ0) is 7.33. The van der Waals surface area contributed by atoms with Crippen LogP contribution in [0, 0.1) is 0 Å². The van der Waals surface area contributed by atoms with Crippen molar-refractivity contribution in [3.8, 4) is 0 Å². The van der Waals surface area contributed by atoms with Crippen molar-refractivity contribution in [1.82, 2.24) is 0 Å². The Morgan fingerprint density at radius 2 is 1.33 bits per heavy atom. The van der Waals surface area contributed by atoms with Crippen LogP contribution in [0.4, 0.5) is 0 Å². The van der Waals surface area contributed by atoms with Gasteiger partial charge in [0.25, 0.3) is 0 Å². The molecule has 0 radical (unpaired) electrons. The van der Waals surface area contributed by atoms with E-state index in [1.807, 2.05) is 0 Å². The maximum Gasteiger partial charge on any atom is 0.421 e. The molecule has 0 aliphatic rings. The van der Waals surface area contributed by atoms with Crippen LogP contribution in [0.1, 0.15) is 0 Å². The summed E-state index contributed by atoms with van der Waals surface area (Å²) in [6.07, 6.45) is 0. The molecule has 9 heteroatoms. The first-order valence-corrected chi connectivity index (χ1v) is 4.19. The summed E-state index contributed by atoms with van der Waals surface area (Å²) in [6.45, 7) is 0. The standard InChI is InChI=1S/O6P2S/c1-7-5-9(3,4)6-8-2. The van der Waals surface area contributed by atoms with Crippen LogP contribution in [0.3, 0.4) is 0 Å². The van der Waals surface area contributed by atoms with Crippen molar-refractivity contribution >= 4 is 27.8 Å². The molecule has 0 bridgehead atoms. The highest BCUT2D eigenvalue weighted by molar-refractivity contribution is 7.86. The molecule has 52 valence electrons. The molecule has 0 aromatic rings.